The number of ether oxygens (including phenoxy) is 1. The number of fused-ring (bicyclic) bond motifs is 1. The summed E-state index contributed by atoms with van der Waals surface area (Å²) < 4.78 is 8.23. The van der Waals surface area contributed by atoms with Gasteiger partial charge in [-0.3, -0.25) is 9.78 Å². The van der Waals surface area contributed by atoms with Crippen molar-refractivity contribution in [3.05, 3.63) is 48.5 Å². The topological polar surface area (TPSA) is 86.3 Å². The predicted octanol–water partition coefficient (Wildman–Crippen LogP) is 2.84. The fourth-order valence-corrected chi connectivity index (χ4v) is 4.20. The Kier molecular flexibility index (Phi) is 4.58. The third-order valence-electron chi connectivity index (χ3n) is 5.81. The summed E-state index contributed by atoms with van der Waals surface area (Å²) in [5.74, 6) is 2.16. The summed E-state index contributed by atoms with van der Waals surface area (Å²) in [6.45, 7) is 2.01. The summed E-state index contributed by atoms with van der Waals surface area (Å²) in [5, 5.41) is 1.01. The minimum atomic E-state index is -0.351. The van der Waals surface area contributed by atoms with Crippen LogP contribution in [0.4, 0.5) is 5.82 Å². The third kappa shape index (κ3) is 3.64. The van der Waals surface area contributed by atoms with Crippen LogP contribution in [0.1, 0.15) is 37.3 Å². The van der Waals surface area contributed by atoms with Gasteiger partial charge in [0.1, 0.15) is 18.4 Å². The highest BCUT2D eigenvalue weighted by Crippen LogP contribution is 2.42. The second kappa shape index (κ2) is 7.39. The van der Waals surface area contributed by atoms with E-state index in [-0.39, 0.29) is 18.6 Å². The summed E-state index contributed by atoms with van der Waals surface area (Å²) in [6, 6.07) is 7.94. The van der Waals surface area contributed by atoms with Crippen molar-refractivity contribution in [2.24, 2.45) is 5.73 Å². The highest BCUT2D eigenvalue weighted by atomic mass is 16.5. The normalized spacial score (nSPS) is 17.6. The second-order valence-electron chi connectivity index (χ2n) is 7.94. The van der Waals surface area contributed by atoms with E-state index >= 15 is 0 Å². The highest BCUT2D eigenvalue weighted by Gasteiger charge is 2.31. The van der Waals surface area contributed by atoms with E-state index < -0.39 is 0 Å². The van der Waals surface area contributed by atoms with Crippen LogP contribution in [0.5, 0.6) is 5.75 Å². The molecule has 2 aromatic heterocycles. The lowest BCUT2D eigenvalue weighted by Crippen LogP contribution is -2.39. The van der Waals surface area contributed by atoms with Crippen molar-refractivity contribution in [2.75, 3.05) is 18.0 Å². The van der Waals surface area contributed by atoms with Gasteiger partial charge in [0.15, 0.2) is 5.82 Å². The summed E-state index contributed by atoms with van der Waals surface area (Å²) in [7, 11) is 0. The van der Waals surface area contributed by atoms with Gasteiger partial charge in [-0.1, -0.05) is 6.07 Å². The number of hydrogen-bond donors (Lipinski definition) is 1. The number of piperidine rings is 1. The van der Waals surface area contributed by atoms with Crippen molar-refractivity contribution in [3.8, 4) is 5.75 Å². The van der Waals surface area contributed by atoms with Crippen LogP contribution in [0, 0.1) is 0 Å². The molecule has 0 atom stereocenters. The summed E-state index contributed by atoms with van der Waals surface area (Å²) in [4.78, 5) is 22.8. The van der Waals surface area contributed by atoms with E-state index in [1.54, 1.807) is 12.4 Å². The largest absolute Gasteiger partial charge is 0.490 e. The molecule has 29 heavy (non-hydrogen) atoms. The summed E-state index contributed by atoms with van der Waals surface area (Å²) >= 11 is 0. The molecular formula is C22H25N5O2. The molecule has 1 aromatic carbocycles. The van der Waals surface area contributed by atoms with Gasteiger partial charge in [0.25, 0.3) is 0 Å². The van der Waals surface area contributed by atoms with Crippen LogP contribution in [0.15, 0.2) is 42.9 Å². The van der Waals surface area contributed by atoms with Crippen molar-refractivity contribution < 1.29 is 9.53 Å². The van der Waals surface area contributed by atoms with Gasteiger partial charge in [-0.25, -0.2) is 4.98 Å². The van der Waals surface area contributed by atoms with E-state index in [0.29, 0.717) is 5.92 Å². The molecular weight excluding hydrogens is 366 g/mol. The van der Waals surface area contributed by atoms with Gasteiger partial charge in [-0.2, -0.15) is 0 Å². The molecule has 0 radical (unpaired) electrons. The van der Waals surface area contributed by atoms with E-state index in [1.165, 1.54) is 12.8 Å². The van der Waals surface area contributed by atoms with E-state index in [4.69, 9.17) is 10.5 Å². The molecule has 3 aromatic rings. The molecule has 3 heterocycles. The monoisotopic (exact) mass is 391 g/mol. The number of nitrogens with two attached hydrogens (primary N) is 1. The molecule has 150 valence electrons. The number of rotatable bonds is 6. The number of anilines is 1. The predicted molar refractivity (Wildman–Crippen MR) is 111 cm³/mol. The van der Waals surface area contributed by atoms with E-state index in [1.807, 2.05) is 35.0 Å². The number of aromatic nitrogens is 3. The van der Waals surface area contributed by atoms with Gasteiger partial charge in [-0.05, 0) is 31.0 Å². The minimum absolute atomic E-state index is 0.164. The first-order chi connectivity index (χ1) is 14.2. The molecule has 0 unspecified atom stereocenters. The van der Waals surface area contributed by atoms with Crippen LogP contribution in [0.25, 0.3) is 10.9 Å². The van der Waals surface area contributed by atoms with Crippen LogP contribution >= 0.6 is 0 Å². The van der Waals surface area contributed by atoms with E-state index in [0.717, 1.165) is 54.1 Å². The first kappa shape index (κ1) is 18.0. The molecule has 0 bridgehead atoms. The Morgan fingerprint density at radius 1 is 1.10 bits per heavy atom. The zero-order valence-corrected chi connectivity index (χ0v) is 16.3. The van der Waals surface area contributed by atoms with Gasteiger partial charge in [-0.15, -0.1) is 0 Å². The standard InChI is InChI=1S/C22H25N5O2/c23-20(28)14-27-13-8-17-18(27)2-1-3-19(17)29-16-6-11-26(12-7-16)22-21(15-4-5-15)24-9-10-25-22/h1-3,8-10,13,15-16H,4-7,11-12,14H2,(H2,23,28). The quantitative estimate of drug-likeness (QED) is 0.698. The fraction of sp³-hybridized carbons (Fsp3) is 0.409. The van der Waals surface area contributed by atoms with Gasteiger partial charge in [0, 0.05) is 55.8 Å². The Morgan fingerprint density at radius 2 is 1.90 bits per heavy atom. The maximum absolute atomic E-state index is 11.3. The van der Waals surface area contributed by atoms with Gasteiger partial charge in [0.2, 0.25) is 5.91 Å². The van der Waals surface area contributed by atoms with Crippen molar-refractivity contribution >= 4 is 22.6 Å². The molecule has 5 rings (SSSR count). The second-order valence-corrected chi connectivity index (χ2v) is 7.94. The van der Waals surface area contributed by atoms with Crippen LogP contribution in [-0.2, 0) is 11.3 Å². The molecule has 2 fully saturated rings. The first-order valence-corrected chi connectivity index (χ1v) is 10.3. The summed E-state index contributed by atoms with van der Waals surface area (Å²) in [5.41, 5.74) is 7.48. The lowest BCUT2D eigenvalue weighted by Gasteiger charge is -2.33. The maximum Gasteiger partial charge on any atom is 0.237 e. The van der Waals surface area contributed by atoms with Crippen molar-refractivity contribution in [3.63, 3.8) is 0 Å². The molecule has 1 aliphatic heterocycles. The molecule has 1 amide bonds. The number of hydrogen-bond acceptors (Lipinski definition) is 5. The Hall–Kier alpha value is -3.09. The minimum Gasteiger partial charge on any atom is -0.490 e. The van der Waals surface area contributed by atoms with Gasteiger partial charge in [0.05, 0.1) is 11.2 Å². The summed E-state index contributed by atoms with van der Waals surface area (Å²) in [6.07, 6.45) is 9.99. The maximum atomic E-state index is 11.3. The Morgan fingerprint density at radius 3 is 2.66 bits per heavy atom. The molecule has 2 aliphatic rings. The number of benzene rings is 1. The Labute approximate surface area is 169 Å². The first-order valence-electron chi connectivity index (χ1n) is 10.3. The molecule has 1 saturated heterocycles. The number of nitrogens with zero attached hydrogens (tertiary/aromatic N) is 4. The van der Waals surface area contributed by atoms with Crippen molar-refractivity contribution in [1.82, 2.24) is 14.5 Å². The van der Waals surface area contributed by atoms with E-state index in [2.05, 4.69) is 14.9 Å². The lowest BCUT2D eigenvalue weighted by atomic mass is 10.1. The number of primary amides is 1. The third-order valence-corrected chi connectivity index (χ3v) is 5.81. The molecule has 1 saturated carbocycles. The van der Waals surface area contributed by atoms with Crippen LogP contribution in [-0.4, -0.2) is 39.6 Å². The number of carbonyl (C=O) groups excluding carboxylic acids is 1. The van der Waals surface area contributed by atoms with Gasteiger partial charge < -0.3 is 19.9 Å². The molecule has 1 aliphatic carbocycles. The van der Waals surface area contributed by atoms with Gasteiger partial charge >= 0.3 is 0 Å². The SMILES string of the molecule is NC(=O)Cn1ccc2c(OC3CCN(c4nccnc4C4CC4)CC3)cccc21. The molecule has 7 heteroatoms. The Bertz CT molecular complexity index is 1030. The molecule has 0 spiro atoms. The number of carbonyl (C=O) groups is 1. The van der Waals surface area contributed by atoms with Crippen molar-refractivity contribution in [2.45, 2.75) is 44.2 Å². The van der Waals surface area contributed by atoms with E-state index in [9.17, 15) is 4.79 Å². The molecule has 7 nitrogen and oxygen atoms in total. The van der Waals surface area contributed by atoms with Crippen LogP contribution in [0.2, 0.25) is 0 Å². The lowest BCUT2D eigenvalue weighted by molar-refractivity contribution is -0.118. The smallest absolute Gasteiger partial charge is 0.237 e. The average Bonchev–Trinajstić information content (AvgIpc) is 3.50. The zero-order chi connectivity index (χ0) is 19.8. The van der Waals surface area contributed by atoms with Crippen LogP contribution < -0.4 is 15.4 Å². The molecule has 2 N–H and O–H groups in total. The zero-order valence-electron chi connectivity index (χ0n) is 16.3. The van der Waals surface area contributed by atoms with Crippen molar-refractivity contribution in [1.29, 1.82) is 0 Å². The fourth-order valence-electron chi connectivity index (χ4n) is 4.20. The highest BCUT2D eigenvalue weighted by molar-refractivity contribution is 5.87. The number of amides is 1. The van der Waals surface area contributed by atoms with Crippen LogP contribution in [0.3, 0.4) is 0 Å². The Balaban J connectivity index is 1.28. The average molecular weight is 391 g/mol.